The fraction of sp³-hybridized carbons (Fsp3) is 0.500. The maximum absolute atomic E-state index is 13.7. The van der Waals surface area contributed by atoms with Crippen molar-refractivity contribution < 1.29 is 22.7 Å². The number of methoxy groups -OCH3 is 1. The summed E-state index contributed by atoms with van der Waals surface area (Å²) in [5.41, 5.74) is 2.10. The molecule has 0 heterocycles. The predicted molar refractivity (Wildman–Crippen MR) is 148 cm³/mol. The summed E-state index contributed by atoms with van der Waals surface area (Å²) >= 11 is 0. The smallest absolute Gasteiger partial charge is 0.244 e. The lowest BCUT2D eigenvalue weighted by Gasteiger charge is -2.32. The highest BCUT2D eigenvalue weighted by Gasteiger charge is 2.30. The molecular formula is C28H41N3O5S. The standard InChI is InChI=1S/C28H41N3O5S/c1-9-20(2)29-27(33)21(3)30(18-22-11-10-12-25(17-22)36-7)26(32)19-31(37(8,34)35)24-15-13-23(14-16-24)28(4,5)6/h10-17,20-21H,9,18-19H2,1-8H3,(H,29,33)/t20-,21+/m1/s1. The van der Waals surface area contributed by atoms with Crippen LogP contribution in [0.4, 0.5) is 5.69 Å². The molecular weight excluding hydrogens is 490 g/mol. The lowest BCUT2D eigenvalue weighted by atomic mass is 9.87. The number of nitrogens with zero attached hydrogens (tertiary/aromatic N) is 2. The van der Waals surface area contributed by atoms with Crippen LogP contribution in [0.3, 0.4) is 0 Å². The Morgan fingerprint density at radius 3 is 2.19 bits per heavy atom. The molecule has 1 N–H and O–H groups in total. The van der Waals surface area contributed by atoms with E-state index >= 15 is 0 Å². The Labute approximate surface area is 222 Å². The van der Waals surface area contributed by atoms with E-state index in [4.69, 9.17) is 4.74 Å². The van der Waals surface area contributed by atoms with Crippen LogP contribution >= 0.6 is 0 Å². The van der Waals surface area contributed by atoms with Crippen molar-refractivity contribution in [2.24, 2.45) is 0 Å². The fourth-order valence-corrected chi connectivity index (χ4v) is 4.61. The Hall–Kier alpha value is -3.07. The van der Waals surface area contributed by atoms with Gasteiger partial charge in [0.2, 0.25) is 21.8 Å². The number of anilines is 1. The molecule has 0 unspecified atom stereocenters. The van der Waals surface area contributed by atoms with Crippen LogP contribution in [0.5, 0.6) is 5.75 Å². The summed E-state index contributed by atoms with van der Waals surface area (Å²) in [6, 6.07) is 13.5. The van der Waals surface area contributed by atoms with Crippen LogP contribution in [0, 0.1) is 0 Å². The quantitative estimate of drug-likeness (QED) is 0.471. The molecule has 0 aliphatic carbocycles. The summed E-state index contributed by atoms with van der Waals surface area (Å²) < 4.78 is 31.9. The summed E-state index contributed by atoms with van der Waals surface area (Å²) in [5.74, 6) is -0.163. The zero-order valence-electron chi connectivity index (χ0n) is 23.2. The van der Waals surface area contributed by atoms with E-state index in [0.29, 0.717) is 11.4 Å². The van der Waals surface area contributed by atoms with Gasteiger partial charge in [-0.05, 0) is 61.1 Å². The molecule has 2 amide bonds. The first-order valence-corrected chi connectivity index (χ1v) is 14.3. The number of amides is 2. The predicted octanol–water partition coefficient (Wildman–Crippen LogP) is 4.09. The first kappa shape index (κ1) is 30.2. The monoisotopic (exact) mass is 531 g/mol. The largest absolute Gasteiger partial charge is 0.497 e. The van der Waals surface area contributed by atoms with Crippen LogP contribution in [-0.4, -0.2) is 57.1 Å². The van der Waals surface area contributed by atoms with E-state index in [2.05, 4.69) is 26.1 Å². The van der Waals surface area contributed by atoms with Crippen LogP contribution in [0.2, 0.25) is 0 Å². The average molecular weight is 532 g/mol. The molecule has 0 bridgehead atoms. The number of hydrogen-bond acceptors (Lipinski definition) is 5. The van der Waals surface area contributed by atoms with Gasteiger partial charge in [0.15, 0.2) is 0 Å². The molecule has 8 nitrogen and oxygen atoms in total. The molecule has 204 valence electrons. The van der Waals surface area contributed by atoms with Gasteiger partial charge in [0.1, 0.15) is 18.3 Å². The highest BCUT2D eigenvalue weighted by Crippen LogP contribution is 2.26. The number of rotatable bonds is 11. The van der Waals surface area contributed by atoms with E-state index < -0.39 is 28.5 Å². The maximum atomic E-state index is 13.7. The Balaban J connectivity index is 2.41. The molecule has 2 atom stereocenters. The number of benzene rings is 2. The van der Waals surface area contributed by atoms with Gasteiger partial charge in [-0.3, -0.25) is 13.9 Å². The SMILES string of the molecule is CC[C@@H](C)NC(=O)[C@H](C)N(Cc1cccc(OC)c1)C(=O)CN(c1ccc(C(C)(C)C)cc1)S(C)(=O)=O. The third-order valence-corrected chi connectivity index (χ3v) is 7.50. The van der Waals surface area contributed by atoms with Gasteiger partial charge in [-0.25, -0.2) is 8.42 Å². The van der Waals surface area contributed by atoms with Crippen molar-refractivity contribution in [2.45, 2.75) is 72.0 Å². The molecule has 9 heteroatoms. The number of nitrogens with one attached hydrogen (secondary N) is 1. The van der Waals surface area contributed by atoms with E-state index in [1.54, 1.807) is 44.4 Å². The van der Waals surface area contributed by atoms with Crippen LogP contribution in [-0.2, 0) is 31.6 Å². The zero-order chi connectivity index (χ0) is 28.0. The van der Waals surface area contributed by atoms with E-state index in [-0.39, 0.29) is 23.9 Å². The molecule has 0 radical (unpaired) electrons. The van der Waals surface area contributed by atoms with Gasteiger partial charge in [-0.2, -0.15) is 0 Å². The summed E-state index contributed by atoms with van der Waals surface area (Å²) in [6.07, 6.45) is 1.82. The number of sulfonamides is 1. The van der Waals surface area contributed by atoms with E-state index in [0.717, 1.165) is 28.1 Å². The molecule has 0 saturated heterocycles. The molecule has 0 aromatic heterocycles. The highest BCUT2D eigenvalue weighted by molar-refractivity contribution is 7.92. The van der Waals surface area contributed by atoms with Crippen molar-refractivity contribution >= 4 is 27.5 Å². The maximum Gasteiger partial charge on any atom is 0.244 e. The number of ether oxygens (including phenoxy) is 1. The lowest BCUT2D eigenvalue weighted by molar-refractivity contribution is -0.139. The molecule has 0 aliphatic rings. The van der Waals surface area contributed by atoms with Crippen molar-refractivity contribution in [3.05, 3.63) is 59.7 Å². The molecule has 0 saturated carbocycles. The van der Waals surface area contributed by atoms with Gasteiger partial charge in [0.05, 0.1) is 19.1 Å². The first-order chi connectivity index (χ1) is 17.2. The topological polar surface area (TPSA) is 96.0 Å². The molecule has 2 aromatic carbocycles. The van der Waals surface area contributed by atoms with Crippen molar-refractivity contribution in [3.63, 3.8) is 0 Å². The Kier molecular flexibility index (Phi) is 10.1. The molecule has 0 fully saturated rings. The summed E-state index contributed by atoms with van der Waals surface area (Å²) in [5, 5.41) is 2.92. The van der Waals surface area contributed by atoms with E-state index in [1.807, 2.05) is 32.0 Å². The van der Waals surface area contributed by atoms with Crippen molar-refractivity contribution in [1.29, 1.82) is 0 Å². The molecule has 2 rings (SSSR count). The second-order valence-corrected chi connectivity index (χ2v) is 12.3. The number of hydrogen-bond donors (Lipinski definition) is 1. The summed E-state index contributed by atoms with van der Waals surface area (Å²) in [4.78, 5) is 28.1. The van der Waals surface area contributed by atoms with Crippen LogP contribution < -0.4 is 14.4 Å². The van der Waals surface area contributed by atoms with Crippen LogP contribution in [0.15, 0.2) is 48.5 Å². The Bertz CT molecular complexity index is 1170. The van der Waals surface area contributed by atoms with Gasteiger partial charge < -0.3 is 15.0 Å². The fourth-order valence-electron chi connectivity index (χ4n) is 3.76. The van der Waals surface area contributed by atoms with E-state index in [9.17, 15) is 18.0 Å². The normalized spacial score (nSPS) is 13.4. The minimum Gasteiger partial charge on any atom is -0.497 e. The van der Waals surface area contributed by atoms with Crippen molar-refractivity contribution in [2.75, 3.05) is 24.2 Å². The second kappa shape index (κ2) is 12.4. The van der Waals surface area contributed by atoms with Crippen molar-refractivity contribution in [3.8, 4) is 5.75 Å². The zero-order valence-corrected chi connectivity index (χ0v) is 24.1. The minimum atomic E-state index is -3.78. The van der Waals surface area contributed by atoms with Gasteiger partial charge in [0.25, 0.3) is 0 Å². The highest BCUT2D eigenvalue weighted by atomic mass is 32.2. The van der Waals surface area contributed by atoms with Crippen LogP contribution in [0.25, 0.3) is 0 Å². The summed E-state index contributed by atoms with van der Waals surface area (Å²) in [7, 11) is -2.23. The van der Waals surface area contributed by atoms with E-state index in [1.165, 1.54) is 4.90 Å². The Morgan fingerprint density at radius 2 is 1.68 bits per heavy atom. The minimum absolute atomic E-state index is 0.0578. The molecule has 2 aromatic rings. The summed E-state index contributed by atoms with van der Waals surface area (Å²) in [6.45, 7) is 11.4. The van der Waals surface area contributed by atoms with Gasteiger partial charge in [0, 0.05) is 12.6 Å². The number of carbonyl (C=O) groups is 2. The lowest BCUT2D eigenvalue weighted by Crippen LogP contribution is -2.52. The third-order valence-electron chi connectivity index (χ3n) is 6.36. The van der Waals surface area contributed by atoms with Gasteiger partial charge in [-0.15, -0.1) is 0 Å². The number of carbonyl (C=O) groups excluding carboxylic acids is 2. The van der Waals surface area contributed by atoms with Crippen LogP contribution in [0.1, 0.15) is 59.1 Å². The molecule has 0 aliphatic heterocycles. The van der Waals surface area contributed by atoms with Gasteiger partial charge >= 0.3 is 0 Å². The third kappa shape index (κ3) is 8.49. The molecule has 0 spiro atoms. The Morgan fingerprint density at radius 1 is 1.05 bits per heavy atom. The molecule has 37 heavy (non-hydrogen) atoms. The van der Waals surface area contributed by atoms with Crippen molar-refractivity contribution in [1.82, 2.24) is 10.2 Å². The van der Waals surface area contributed by atoms with Gasteiger partial charge in [-0.1, -0.05) is 52.0 Å². The second-order valence-electron chi connectivity index (χ2n) is 10.4. The first-order valence-electron chi connectivity index (χ1n) is 12.5. The average Bonchev–Trinajstić information content (AvgIpc) is 2.84.